The number of ether oxygens (including phenoxy) is 1. The number of aryl methyl sites for hydroxylation is 1. The van der Waals surface area contributed by atoms with Crippen molar-refractivity contribution in [2.45, 2.75) is 67.3 Å². The van der Waals surface area contributed by atoms with E-state index in [9.17, 15) is 4.79 Å². The van der Waals surface area contributed by atoms with Crippen LogP contribution in [-0.4, -0.2) is 10.5 Å². The Hall–Kier alpha value is -2.29. The van der Waals surface area contributed by atoms with Gasteiger partial charge in [0.1, 0.15) is 0 Å². The third kappa shape index (κ3) is 3.87. The van der Waals surface area contributed by atoms with E-state index in [1.807, 2.05) is 32.9 Å². The number of hydrogen-bond acceptors (Lipinski definition) is 2. The second-order valence-electron chi connectivity index (χ2n) is 6.97. The molecule has 3 rings (SSSR count). The Morgan fingerprint density at radius 3 is 2.30 bits per heavy atom. The Labute approximate surface area is 163 Å². The van der Waals surface area contributed by atoms with Gasteiger partial charge in [-0.05, 0) is 38.8 Å². The molecule has 0 N–H and O–H groups in total. The number of rotatable bonds is 6. The molecule has 0 fully saturated rings. The van der Waals surface area contributed by atoms with Gasteiger partial charge in [-0.25, -0.2) is 0 Å². The summed E-state index contributed by atoms with van der Waals surface area (Å²) in [6.07, 6.45) is 2.60. The number of esters is 1. The van der Waals surface area contributed by atoms with Crippen LogP contribution in [-0.2, 0) is 11.3 Å². The standard InChI is InChI=1S/C22H27NO2.C2H6/c1-5-15-22(4,6-2)21(24)25-19-14-10-12-17-16-11-8-9-13-18(16)23(7-3)20(17)19;1-2/h8-14H,5-7,15H2,1-4H3;1-2H3. The summed E-state index contributed by atoms with van der Waals surface area (Å²) >= 11 is 0. The molecule has 3 heteroatoms. The Balaban J connectivity index is 0.00000126. The van der Waals surface area contributed by atoms with Crippen LogP contribution in [0.25, 0.3) is 21.8 Å². The fraction of sp³-hybridized carbons (Fsp3) is 0.458. The smallest absolute Gasteiger partial charge is 0.317 e. The Morgan fingerprint density at radius 1 is 1.00 bits per heavy atom. The third-order valence-corrected chi connectivity index (χ3v) is 5.35. The van der Waals surface area contributed by atoms with Crippen molar-refractivity contribution in [3.05, 3.63) is 42.5 Å². The van der Waals surface area contributed by atoms with Gasteiger partial charge < -0.3 is 9.30 Å². The molecule has 146 valence electrons. The minimum atomic E-state index is -0.431. The van der Waals surface area contributed by atoms with Crippen molar-refractivity contribution in [1.82, 2.24) is 4.57 Å². The number of benzene rings is 2. The third-order valence-electron chi connectivity index (χ3n) is 5.35. The van der Waals surface area contributed by atoms with Gasteiger partial charge in [0.15, 0.2) is 5.75 Å². The minimum Gasteiger partial charge on any atom is -0.424 e. The van der Waals surface area contributed by atoms with E-state index in [1.54, 1.807) is 0 Å². The highest BCUT2D eigenvalue weighted by Crippen LogP contribution is 2.37. The molecule has 3 aromatic rings. The lowest BCUT2D eigenvalue weighted by atomic mass is 9.83. The second kappa shape index (κ2) is 9.07. The molecule has 1 aromatic heterocycles. The molecule has 0 aliphatic heterocycles. The maximum absolute atomic E-state index is 12.9. The van der Waals surface area contributed by atoms with E-state index >= 15 is 0 Å². The highest BCUT2D eigenvalue weighted by Gasteiger charge is 2.33. The van der Waals surface area contributed by atoms with Crippen molar-refractivity contribution in [1.29, 1.82) is 0 Å². The van der Waals surface area contributed by atoms with Crippen molar-refractivity contribution in [3.63, 3.8) is 0 Å². The maximum atomic E-state index is 12.9. The molecule has 3 nitrogen and oxygen atoms in total. The van der Waals surface area contributed by atoms with Crippen molar-refractivity contribution < 1.29 is 9.53 Å². The minimum absolute atomic E-state index is 0.128. The predicted octanol–water partition coefficient (Wildman–Crippen LogP) is 6.96. The van der Waals surface area contributed by atoms with Crippen LogP contribution in [0.1, 0.15) is 60.8 Å². The highest BCUT2D eigenvalue weighted by atomic mass is 16.5. The predicted molar refractivity (Wildman–Crippen MR) is 115 cm³/mol. The zero-order valence-corrected chi connectivity index (χ0v) is 17.6. The lowest BCUT2D eigenvalue weighted by molar-refractivity contribution is -0.145. The van der Waals surface area contributed by atoms with E-state index in [0.717, 1.165) is 36.7 Å². The molecule has 1 unspecified atom stereocenters. The summed E-state index contributed by atoms with van der Waals surface area (Å²) in [5.74, 6) is 0.536. The van der Waals surface area contributed by atoms with Crippen LogP contribution >= 0.6 is 0 Å². The van der Waals surface area contributed by atoms with Gasteiger partial charge in [0, 0.05) is 22.8 Å². The molecule has 1 heterocycles. The van der Waals surface area contributed by atoms with Gasteiger partial charge in [-0.15, -0.1) is 0 Å². The lowest BCUT2D eigenvalue weighted by Crippen LogP contribution is -2.31. The van der Waals surface area contributed by atoms with Crippen LogP contribution in [0.15, 0.2) is 42.5 Å². The summed E-state index contributed by atoms with van der Waals surface area (Å²) in [6, 6.07) is 14.3. The second-order valence-corrected chi connectivity index (χ2v) is 6.97. The first kappa shape index (κ1) is 21.0. The van der Waals surface area contributed by atoms with E-state index in [4.69, 9.17) is 4.74 Å². The molecule has 0 aliphatic rings. The lowest BCUT2D eigenvalue weighted by Gasteiger charge is -2.25. The van der Waals surface area contributed by atoms with Crippen molar-refractivity contribution in [2.24, 2.45) is 5.41 Å². The first-order valence-corrected chi connectivity index (χ1v) is 10.3. The van der Waals surface area contributed by atoms with Crippen molar-refractivity contribution in [3.8, 4) is 5.75 Å². The molecule has 0 saturated carbocycles. The molecule has 0 spiro atoms. The zero-order chi connectivity index (χ0) is 20.0. The number of hydrogen-bond donors (Lipinski definition) is 0. The number of para-hydroxylation sites is 2. The average molecular weight is 368 g/mol. The van der Waals surface area contributed by atoms with Gasteiger partial charge in [-0.1, -0.05) is 64.4 Å². The van der Waals surface area contributed by atoms with E-state index in [2.05, 4.69) is 55.7 Å². The molecule has 2 aromatic carbocycles. The zero-order valence-electron chi connectivity index (χ0n) is 17.6. The first-order valence-electron chi connectivity index (χ1n) is 10.3. The van der Waals surface area contributed by atoms with Crippen LogP contribution in [0, 0.1) is 5.41 Å². The summed E-state index contributed by atoms with van der Waals surface area (Å²) in [4.78, 5) is 12.9. The van der Waals surface area contributed by atoms with Gasteiger partial charge in [0.2, 0.25) is 0 Å². The number of nitrogens with zero attached hydrogens (tertiary/aromatic N) is 1. The highest BCUT2D eigenvalue weighted by molar-refractivity contribution is 6.10. The van der Waals surface area contributed by atoms with Crippen LogP contribution in [0.4, 0.5) is 0 Å². The number of carbonyl (C=O) groups excluding carboxylic acids is 1. The molecule has 27 heavy (non-hydrogen) atoms. The van der Waals surface area contributed by atoms with Crippen LogP contribution in [0.5, 0.6) is 5.75 Å². The molecule has 0 amide bonds. The normalized spacial score (nSPS) is 13.1. The fourth-order valence-electron chi connectivity index (χ4n) is 3.68. The Morgan fingerprint density at radius 2 is 1.67 bits per heavy atom. The quantitative estimate of drug-likeness (QED) is 0.348. The summed E-state index contributed by atoms with van der Waals surface area (Å²) in [6.45, 7) is 13.1. The maximum Gasteiger partial charge on any atom is 0.317 e. The molecule has 0 radical (unpaired) electrons. The van der Waals surface area contributed by atoms with Gasteiger partial charge in [-0.2, -0.15) is 0 Å². The molecule has 0 aliphatic carbocycles. The van der Waals surface area contributed by atoms with Gasteiger partial charge >= 0.3 is 5.97 Å². The molecular weight excluding hydrogens is 334 g/mol. The monoisotopic (exact) mass is 367 g/mol. The summed E-state index contributed by atoms with van der Waals surface area (Å²) in [5, 5.41) is 2.33. The number of aromatic nitrogens is 1. The van der Waals surface area contributed by atoms with E-state index in [1.165, 1.54) is 10.9 Å². The average Bonchev–Trinajstić information content (AvgIpc) is 3.04. The van der Waals surface area contributed by atoms with Gasteiger partial charge in [0.05, 0.1) is 10.9 Å². The van der Waals surface area contributed by atoms with E-state index in [-0.39, 0.29) is 5.97 Å². The van der Waals surface area contributed by atoms with Gasteiger partial charge in [0.25, 0.3) is 0 Å². The van der Waals surface area contributed by atoms with Crippen LogP contribution in [0.3, 0.4) is 0 Å². The molecule has 0 bridgehead atoms. The summed E-state index contributed by atoms with van der Waals surface area (Å²) in [5.41, 5.74) is 1.75. The first-order chi connectivity index (χ1) is 13.1. The molecular formula is C24H33NO2. The molecule has 1 atom stereocenters. The van der Waals surface area contributed by atoms with Crippen LogP contribution < -0.4 is 4.74 Å². The Bertz CT molecular complexity index is 909. The van der Waals surface area contributed by atoms with Crippen molar-refractivity contribution >= 4 is 27.8 Å². The Kier molecular flexibility index (Phi) is 7.06. The van der Waals surface area contributed by atoms with E-state index in [0.29, 0.717) is 5.75 Å². The summed E-state index contributed by atoms with van der Waals surface area (Å²) < 4.78 is 8.18. The summed E-state index contributed by atoms with van der Waals surface area (Å²) in [7, 11) is 0. The number of carbonyl (C=O) groups is 1. The van der Waals surface area contributed by atoms with Crippen LogP contribution in [0.2, 0.25) is 0 Å². The van der Waals surface area contributed by atoms with Crippen molar-refractivity contribution in [2.75, 3.05) is 0 Å². The number of fused-ring (bicyclic) bond motifs is 3. The van der Waals surface area contributed by atoms with E-state index < -0.39 is 5.41 Å². The van der Waals surface area contributed by atoms with Gasteiger partial charge in [-0.3, -0.25) is 4.79 Å². The SMILES string of the molecule is CC.CCCC(C)(CC)C(=O)Oc1cccc2c3ccccc3n(CC)c12. The largest absolute Gasteiger partial charge is 0.424 e. The fourth-order valence-corrected chi connectivity index (χ4v) is 3.68. The topological polar surface area (TPSA) is 31.2 Å². The molecule has 0 saturated heterocycles.